The van der Waals surface area contributed by atoms with Crippen LogP contribution in [0.2, 0.25) is 0 Å². The van der Waals surface area contributed by atoms with Gasteiger partial charge in [-0.2, -0.15) is 0 Å². The molecule has 24 heavy (non-hydrogen) atoms. The van der Waals surface area contributed by atoms with E-state index in [2.05, 4.69) is 20.8 Å². The Morgan fingerprint density at radius 1 is 1.00 bits per heavy atom. The van der Waals surface area contributed by atoms with E-state index in [1.54, 1.807) is 4.90 Å². The van der Waals surface area contributed by atoms with Gasteiger partial charge in [-0.25, -0.2) is 8.42 Å². The second kappa shape index (κ2) is 6.11. The van der Waals surface area contributed by atoms with Crippen molar-refractivity contribution in [2.45, 2.75) is 43.8 Å². The summed E-state index contributed by atoms with van der Waals surface area (Å²) < 4.78 is 25.6. The highest BCUT2D eigenvalue weighted by atomic mass is 79.9. The fraction of sp³-hybridized carbons (Fsp3) is 0.588. The summed E-state index contributed by atoms with van der Waals surface area (Å²) >= 11 is 3.41. The van der Waals surface area contributed by atoms with Gasteiger partial charge in [0.25, 0.3) is 0 Å². The Morgan fingerprint density at radius 3 is 2.29 bits per heavy atom. The minimum atomic E-state index is -3.11. The molecule has 1 amide bonds. The lowest BCUT2D eigenvalue weighted by atomic mass is 10.00. The lowest BCUT2D eigenvalue weighted by Gasteiger charge is -2.46. The molecule has 0 radical (unpaired) electrons. The number of amides is 1. The Kier molecular flexibility index (Phi) is 4.21. The number of nitrogens with zero attached hydrogens (tertiary/aromatic N) is 2. The number of carbonyl (C=O) groups is 1. The summed E-state index contributed by atoms with van der Waals surface area (Å²) in [5, 5.41) is 0. The highest BCUT2D eigenvalue weighted by molar-refractivity contribution is 9.10. The zero-order chi connectivity index (χ0) is 16.9. The second-order valence-electron chi connectivity index (χ2n) is 7.06. The van der Waals surface area contributed by atoms with Crippen molar-refractivity contribution in [1.82, 2.24) is 4.90 Å². The van der Waals surface area contributed by atoms with Gasteiger partial charge in [0.1, 0.15) is 0 Å². The number of halogens is 1. The van der Waals surface area contributed by atoms with Crippen LogP contribution < -0.4 is 4.90 Å². The molecule has 7 heteroatoms. The molecule has 3 fully saturated rings. The molecule has 1 saturated carbocycles. The molecule has 0 spiro atoms. The molecule has 2 heterocycles. The van der Waals surface area contributed by atoms with E-state index < -0.39 is 9.84 Å². The molecule has 0 bridgehead atoms. The largest absolute Gasteiger partial charge is 0.306 e. The minimum Gasteiger partial charge on any atom is -0.306 e. The molecule has 5 nitrogen and oxygen atoms in total. The molecular formula is C17H21BrN2O3S. The maximum atomic E-state index is 12.9. The summed E-state index contributed by atoms with van der Waals surface area (Å²) in [5.74, 6) is 0.263. The van der Waals surface area contributed by atoms with Crippen LogP contribution in [0, 0.1) is 0 Å². The van der Waals surface area contributed by atoms with Gasteiger partial charge in [-0.05, 0) is 37.1 Å². The number of anilines is 1. The van der Waals surface area contributed by atoms with Gasteiger partial charge in [-0.15, -0.1) is 0 Å². The predicted octanol–water partition coefficient (Wildman–Crippen LogP) is 2.21. The highest BCUT2D eigenvalue weighted by Gasteiger charge is 2.51. The van der Waals surface area contributed by atoms with Crippen LogP contribution in [0.3, 0.4) is 0 Å². The zero-order valence-corrected chi connectivity index (χ0v) is 15.8. The van der Waals surface area contributed by atoms with Crippen LogP contribution in [-0.4, -0.2) is 55.4 Å². The number of piperazine rings is 1. The Labute approximate surface area is 151 Å². The maximum absolute atomic E-state index is 12.9. The Morgan fingerprint density at radius 2 is 1.62 bits per heavy atom. The third-order valence-corrected chi connectivity index (χ3v) is 7.76. The van der Waals surface area contributed by atoms with E-state index in [1.165, 1.54) is 12.8 Å². The Bertz CT molecular complexity index is 744. The van der Waals surface area contributed by atoms with Crippen molar-refractivity contribution in [1.29, 1.82) is 0 Å². The van der Waals surface area contributed by atoms with Crippen molar-refractivity contribution in [3.63, 3.8) is 0 Å². The van der Waals surface area contributed by atoms with Crippen LogP contribution in [0.5, 0.6) is 0 Å². The smallest absolute Gasteiger partial charge is 0.241 e. The Balaban J connectivity index is 1.70. The highest BCUT2D eigenvalue weighted by Crippen LogP contribution is 2.36. The number of rotatable bonds is 2. The van der Waals surface area contributed by atoms with E-state index in [0.717, 1.165) is 23.0 Å². The van der Waals surface area contributed by atoms with E-state index in [9.17, 15) is 13.2 Å². The average Bonchev–Trinajstić information content (AvgIpc) is 3.14. The normalized spacial score (nSPS) is 30.7. The van der Waals surface area contributed by atoms with Crippen molar-refractivity contribution in [3.05, 3.63) is 28.7 Å². The summed E-state index contributed by atoms with van der Waals surface area (Å²) in [7, 11) is -3.11. The van der Waals surface area contributed by atoms with Crippen molar-refractivity contribution >= 4 is 37.4 Å². The summed E-state index contributed by atoms with van der Waals surface area (Å²) in [6, 6.07) is 7.58. The van der Waals surface area contributed by atoms with Crippen LogP contribution in [0.4, 0.5) is 5.69 Å². The predicted molar refractivity (Wildman–Crippen MR) is 96.8 cm³/mol. The quantitative estimate of drug-likeness (QED) is 0.746. The molecule has 0 aromatic heterocycles. The first-order valence-corrected chi connectivity index (χ1v) is 11.1. The average molecular weight is 413 g/mol. The maximum Gasteiger partial charge on any atom is 0.241 e. The van der Waals surface area contributed by atoms with Crippen LogP contribution in [0.1, 0.15) is 25.7 Å². The van der Waals surface area contributed by atoms with E-state index in [0.29, 0.717) is 12.6 Å². The lowest BCUT2D eigenvalue weighted by molar-refractivity contribution is -0.124. The van der Waals surface area contributed by atoms with Crippen molar-refractivity contribution in [2.75, 3.05) is 23.0 Å². The number of hydrogen-bond donors (Lipinski definition) is 0. The molecule has 2 saturated heterocycles. The van der Waals surface area contributed by atoms with Gasteiger partial charge in [0, 0.05) is 22.2 Å². The van der Waals surface area contributed by atoms with E-state index >= 15 is 0 Å². The van der Waals surface area contributed by atoms with Gasteiger partial charge in [-0.1, -0.05) is 28.8 Å². The molecule has 2 aliphatic heterocycles. The number of benzene rings is 1. The molecule has 1 aromatic carbocycles. The number of sulfone groups is 1. The molecule has 1 aliphatic carbocycles. The van der Waals surface area contributed by atoms with Crippen molar-refractivity contribution in [2.24, 2.45) is 0 Å². The van der Waals surface area contributed by atoms with Gasteiger partial charge in [0.15, 0.2) is 9.84 Å². The number of hydrogen-bond acceptors (Lipinski definition) is 4. The third-order valence-electron chi connectivity index (χ3n) is 5.54. The van der Waals surface area contributed by atoms with Gasteiger partial charge in [-0.3, -0.25) is 9.69 Å². The van der Waals surface area contributed by atoms with Gasteiger partial charge < -0.3 is 4.90 Å². The molecule has 4 rings (SSSR count). The van der Waals surface area contributed by atoms with E-state index in [1.807, 2.05) is 24.3 Å². The fourth-order valence-corrected chi connectivity index (χ4v) is 6.71. The monoisotopic (exact) mass is 412 g/mol. The van der Waals surface area contributed by atoms with Gasteiger partial charge >= 0.3 is 0 Å². The summed E-state index contributed by atoms with van der Waals surface area (Å²) in [5.41, 5.74) is 0.793. The fourth-order valence-electron chi connectivity index (χ4n) is 4.48. The van der Waals surface area contributed by atoms with Gasteiger partial charge in [0.2, 0.25) is 5.91 Å². The van der Waals surface area contributed by atoms with Crippen molar-refractivity contribution in [3.8, 4) is 0 Å². The molecule has 130 valence electrons. The molecule has 3 aliphatic rings. The number of carbonyl (C=O) groups excluding carboxylic acids is 1. The number of fused-ring (bicyclic) bond motifs is 1. The molecule has 2 atom stereocenters. The summed E-state index contributed by atoms with van der Waals surface area (Å²) in [6.45, 7) is 0.331. The van der Waals surface area contributed by atoms with E-state index in [-0.39, 0.29) is 29.5 Å². The lowest BCUT2D eigenvalue weighted by Crippen LogP contribution is -2.64. The van der Waals surface area contributed by atoms with Crippen LogP contribution in [0.15, 0.2) is 28.7 Å². The minimum absolute atomic E-state index is 0.0163. The van der Waals surface area contributed by atoms with Gasteiger partial charge in [0.05, 0.1) is 24.1 Å². The topological polar surface area (TPSA) is 57.7 Å². The SMILES string of the molecule is O=C1CN(C2CCCC2)[C@H]2CS(=O)(=O)C[C@H]2N1c1ccc(Br)cc1. The first-order valence-electron chi connectivity index (χ1n) is 8.48. The molecule has 0 unspecified atom stereocenters. The van der Waals surface area contributed by atoms with E-state index in [4.69, 9.17) is 0 Å². The Hall–Kier alpha value is -0.920. The summed E-state index contributed by atoms with van der Waals surface area (Å²) in [4.78, 5) is 16.8. The van der Waals surface area contributed by atoms with Crippen LogP contribution in [-0.2, 0) is 14.6 Å². The first-order chi connectivity index (χ1) is 11.4. The standard InChI is InChI=1S/C17H21BrN2O3S/c18-12-5-7-14(8-6-12)20-16-11-24(22,23)10-15(16)19(9-17(20)21)13-3-1-2-4-13/h5-8,13,15-16H,1-4,9-11H2/t15-,16+/m0/s1. The first kappa shape index (κ1) is 16.5. The zero-order valence-electron chi connectivity index (χ0n) is 13.4. The molecule has 1 aromatic rings. The second-order valence-corrected chi connectivity index (χ2v) is 10.1. The summed E-state index contributed by atoms with van der Waals surface area (Å²) in [6.07, 6.45) is 4.51. The van der Waals surface area contributed by atoms with Crippen molar-refractivity contribution < 1.29 is 13.2 Å². The van der Waals surface area contributed by atoms with Crippen LogP contribution >= 0.6 is 15.9 Å². The molecule has 0 N–H and O–H groups in total. The third kappa shape index (κ3) is 2.91. The van der Waals surface area contributed by atoms with Crippen LogP contribution in [0.25, 0.3) is 0 Å². The molecular weight excluding hydrogens is 392 g/mol.